The Bertz CT molecular complexity index is 344. The van der Waals surface area contributed by atoms with Crippen molar-refractivity contribution in [2.24, 2.45) is 5.73 Å². The minimum atomic E-state index is -0.0783. The lowest BCUT2D eigenvalue weighted by molar-refractivity contribution is 0.568. The van der Waals surface area contributed by atoms with Crippen LogP contribution in [0.2, 0.25) is 0 Å². The fourth-order valence-electron chi connectivity index (χ4n) is 2.29. The van der Waals surface area contributed by atoms with Crippen molar-refractivity contribution in [3.8, 4) is 0 Å². The van der Waals surface area contributed by atoms with E-state index in [1.54, 1.807) is 6.07 Å². The molecule has 1 fully saturated rings. The molecule has 1 nitrogen and oxygen atoms in total. The van der Waals surface area contributed by atoms with Gasteiger partial charge in [-0.15, -0.1) is 0 Å². The number of hydrogen-bond donors (Lipinski definition) is 1. The molecule has 2 heteroatoms. The molecule has 0 heterocycles. The zero-order valence-electron chi connectivity index (χ0n) is 8.73. The van der Waals surface area contributed by atoms with E-state index in [9.17, 15) is 4.39 Å². The van der Waals surface area contributed by atoms with E-state index in [0.717, 1.165) is 29.5 Å². The summed E-state index contributed by atoms with van der Waals surface area (Å²) >= 11 is 0. The van der Waals surface area contributed by atoms with Crippen molar-refractivity contribution in [2.75, 3.05) is 6.54 Å². The summed E-state index contributed by atoms with van der Waals surface area (Å²) in [7, 11) is 0. The van der Waals surface area contributed by atoms with Crippen molar-refractivity contribution >= 4 is 0 Å². The highest BCUT2D eigenvalue weighted by Crippen LogP contribution is 2.49. The molecule has 0 atom stereocenters. The summed E-state index contributed by atoms with van der Waals surface area (Å²) in [5, 5.41) is 0. The van der Waals surface area contributed by atoms with Gasteiger partial charge in [0.25, 0.3) is 0 Å². The van der Waals surface area contributed by atoms with Crippen molar-refractivity contribution in [3.05, 3.63) is 34.6 Å². The topological polar surface area (TPSA) is 26.0 Å². The molecule has 0 bridgehead atoms. The van der Waals surface area contributed by atoms with E-state index in [2.05, 4.69) is 0 Å². The van der Waals surface area contributed by atoms with Crippen molar-refractivity contribution in [3.63, 3.8) is 0 Å². The van der Waals surface area contributed by atoms with Crippen LogP contribution in [0.4, 0.5) is 4.39 Å². The Morgan fingerprint density at radius 3 is 2.43 bits per heavy atom. The Labute approximate surface area is 84.1 Å². The second-order valence-corrected chi connectivity index (χ2v) is 4.42. The summed E-state index contributed by atoms with van der Waals surface area (Å²) in [6.07, 6.45) is 2.06. The Balaban J connectivity index is 2.53. The quantitative estimate of drug-likeness (QED) is 0.767. The molecule has 0 aliphatic heterocycles. The fraction of sp³-hybridized carbons (Fsp3) is 0.500. The van der Waals surface area contributed by atoms with Crippen LogP contribution in [0.1, 0.15) is 29.5 Å². The van der Waals surface area contributed by atoms with Crippen LogP contribution in [0.25, 0.3) is 0 Å². The first-order valence-electron chi connectivity index (χ1n) is 5.06. The maximum atomic E-state index is 13.8. The summed E-state index contributed by atoms with van der Waals surface area (Å²) < 4.78 is 13.8. The van der Waals surface area contributed by atoms with Gasteiger partial charge in [0.2, 0.25) is 0 Å². The van der Waals surface area contributed by atoms with Crippen LogP contribution in [-0.2, 0) is 5.41 Å². The van der Waals surface area contributed by atoms with E-state index in [4.69, 9.17) is 5.73 Å². The van der Waals surface area contributed by atoms with Crippen LogP contribution in [0.5, 0.6) is 0 Å². The van der Waals surface area contributed by atoms with Gasteiger partial charge in [-0.05, 0) is 49.4 Å². The van der Waals surface area contributed by atoms with Crippen LogP contribution >= 0.6 is 0 Å². The monoisotopic (exact) mass is 193 g/mol. The molecule has 1 aromatic carbocycles. The Hall–Kier alpha value is -0.890. The lowest BCUT2D eigenvalue weighted by atomic mass is 9.90. The van der Waals surface area contributed by atoms with E-state index >= 15 is 0 Å². The second kappa shape index (κ2) is 3.06. The van der Waals surface area contributed by atoms with Gasteiger partial charge in [-0.2, -0.15) is 0 Å². The molecule has 2 rings (SSSR count). The summed E-state index contributed by atoms with van der Waals surface area (Å²) in [5.41, 5.74) is 8.55. The van der Waals surface area contributed by atoms with Crippen molar-refractivity contribution in [1.82, 2.24) is 0 Å². The number of halogens is 1. The lowest BCUT2D eigenvalue weighted by Crippen LogP contribution is -2.22. The van der Waals surface area contributed by atoms with Gasteiger partial charge in [0, 0.05) is 12.0 Å². The summed E-state index contributed by atoms with van der Waals surface area (Å²) in [5.74, 6) is -0.0783. The third-order valence-electron chi connectivity index (χ3n) is 3.21. The molecule has 1 aliphatic carbocycles. The average Bonchev–Trinajstić information content (AvgIpc) is 2.83. The second-order valence-electron chi connectivity index (χ2n) is 4.42. The molecule has 1 aliphatic rings. The fourth-order valence-corrected chi connectivity index (χ4v) is 2.29. The van der Waals surface area contributed by atoms with Gasteiger partial charge in [-0.25, -0.2) is 4.39 Å². The minimum absolute atomic E-state index is 0.0398. The maximum absolute atomic E-state index is 13.8. The third kappa shape index (κ3) is 1.34. The van der Waals surface area contributed by atoms with Crippen LogP contribution in [-0.4, -0.2) is 6.54 Å². The van der Waals surface area contributed by atoms with E-state index in [1.165, 1.54) is 0 Å². The summed E-state index contributed by atoms with van der Waals surface area (Å²) in [6, 6.07) is 3.65. The van der Waals surface area contributed by atoms with Crippen LogP contribution < -0.4 is 5.73 Å². The first-order chi connectivity index (χ1) is 6.59. The molecule has 1 aromatic rings. The zero-order valence-corrected chi connectivity index (χ0v) is 8.73. The van der Waals surface area contributed by atoms with Gasteiger partial charge in [-0.3, -0.25) is 0 Å². The highest BCUT2D eigenvalue weighted by molar-refractivity contribution is 5.41. The van der Waals surface area contributed by atoms with E-state index in [-0.39, 0.29) is 11.2 Å². The SMILES string of the molecule is Cc1cc(C)c(C2(CN)CC2)c(F)c1. The first-order valence-corrected chi connectivity index (χ1v) is 5.06. The number of aryl methyl sites for hydroxylation is 2. The highest BCUT2D eigenvalue weighted by atomic mass is 19.1. The maximum Gasteiger partial charge on any atom is 0.127 e. The molecular formula is C12H16FN. The zero-order chi connectivity index (χ0) is 10.3. The van der Waals surface area contributed by atoms with Gasteiger partial charge in [0.05, 0.1) is 0 Å². The Morgan fingerprint density at radius 1 is 1.36 bits per heavy atom. The number of hydrogen-bond acceptors (Lipinski definition) is 1. The van der Waals surface area contributed by atoms with Gasteiger partial charge in [-0.1, -0.05) is 6.07 Å². The van der Waals surface area contributed by atoms with Crippen molar-refractivity contribution in [1.29, 1.82) is 0 Å². The largest absolute Gasteiger partial charge is 0.330 e. The lowest BCUT2D eigenvalue weighted by Gasteiger charge is -2.17. The minimum Gasteiger partial charge on any atom is -0.330 e. The molecule has 0 radical (unpaired) electrons. The first kappa shape index (κ1) is 9.66. The Morgan fingerprint density at radius 2 is 2.00 bits per heavy atom. The number of rotatable bonds is 2. The van der Waals surface area contributed by atoms with Gasteiger partial charge < -0.3 is 5.73 Å². The van der Waals surface area contributed by atoms with Crippen molar-refractivity contribution in [2.45, 2.75) is 32.1 Å². The summed E-state index contributed by atoms with van der Waals surface area (Å²) in [4.78, 5) is 0. The van der Waals surface area contributed by atoms with Crippen LogP contribution in [0, 0.1) is 19.7 Å². The molecular weight excluding hydrogens is 177 g/mol. The molecule has 0 aromatic heterocycles. The molecule has 1 saturated carbocycles. The van der Waals surface area contributed by atoms with Crippen LogP contribution in [0.15, 0.2) is 12.1 Å². The molecule has 0 amide bonds. The molecule has 0 spiro atoms. The standard InChI is InChI=1S/C12H16FN/c1-8-5-9(2)11(10(13)6-8)12(7-14)3-4-12/h5-6H,3-4,7,14H2,1-2H3. The number of nitrogens with two attached hydrogens (primary N) is 1. The smallest absolute Gasteiger partial charge is 0.127 e. The molecule has 76 valence electrons. The van der Waals surface area contributed by atoms with Gasteiger partial charge in [0.1, 0.15) is 5.82 Å². The molecule has 14 heavy (non-hydrogen) atoms. The third-order valence-corrected chi connectivity index (χ3v) is 3.21. The average molecular weight is 193 g/mol. The predicted octanol–water partition coefficient (Wildman–Crippen LogP) is 2.43. The summed E-state index contributed by atoms with van der Waals surface area (Å²) in [6.45, 7) is 4.46. The Kier molecular flexibility index (Phi) is 2.11. The normalized spacial score (nSPS) is 18.3. The van der Waals surface area contributed by atoms with Gasteiger partial charge >= 0.3 is 0 Å². The number of benzene rings is 1. The van der Waals surface area contributed by atoms with Crippen LogP contribution in [0.3, 0.4) is 0 Å². The molecule has 0 unspecified atom stereocenters. The molecule has 2 N–H and O–H groups in total. The molecule has 0 saturated heterocycles. The van der Waals surface area contributed by atoms with E-state index in [1.807, 2.05) is 19.9 Å². The van der Waals surface area contributed by atoms with Gasteiger partial charge in [0.15, 0.2) is 0 Å². The van der Waals surface area contributed by atoms with E-state index in [0.29, 0.717) is 6.54 Å². The highest BCUT2D eigenvalue weighted by Gasteiger charge is 2.45. The van der Waals surface area contributed by atoms with E-state index < -0.39 is 0 Å². The predicted molar refractivity (Wildman–Crippen MR) is 55.8 cm³/mol. The van der Waals surface area contributed by atoms with Crippen molar-refractivity contribution < 1.29 is 4.39 Å².